The van der Waals surface area contributed by atoms with Crippen LogP contribution in [0.25, 0.3) is 0 Å². The monoisotopic (exact) mass is 145 g/mol. The molecule has 0 heterocycles. The second kappa shape index (κ2) is 3.88. The average molecular weight is 145 g/mol. The number of hydrogen-bond donors (Lipinski definition) is 0. The molecule has 1 amide bonds. The molecule has 48 valence electrons. The van der Waals surface area contributed by atoms with Gasteiger partial charge in [0.15, 0.2) is 0 Å². The number of hydrogen-bond acceptors (Lipinski definition) is 4. The lowest BCUT2D eigenvalue weighted by Gasteiger charge is -1.86. The Balaban J connectivity index is 4.04. The summed E-state index contributed by atoms with van der Waals surface area (Å²) < 4.78 is 4.00. The predicted molar refractivity (Wildman–Crippen MR) is 32.0 cm³/mol. The van der Waals surface area contributed by atoms with Gasteiger partial charge in [-0.2, -0.15) is 0 Å². The van der Waals surface area contributed by atoms with Crippen molar-refractivity contribution in [2.45, 2.75) is 0 Å². The quantitative estimate of drug-likeness (QED) is 0.205. The number of ether oxygens (including phenoxy) is 1. The lowest BCUT2D eigenvalue weighted by Crippen LogP contribution is -2.11. The number of carbonyl (C=O) groups excluding carboxylic acids is 2. The minimum Gasteiger partial charge on any atom is -0.462 e. The zero-order valence-corrected chi connectivity index (χ0v) is 5.40. The molecule has 0 aliphatic carbocycles. The standard InChI is InChI=1S/C4H3NO3S/c1-8-4(7)3(6)5-2-9/h1H3. The van der Waals surface area contributed by atoms with E-state index < -0.39 is 11.9 Å². The van der Waals surface area contributed by atoms with Gasteiger partial charge in [-0.1, -0.05) is 0 Å². The van der Waals surface area contributed by atoms with E-state index in [1.54, 1.807) is 5.16 Å². The summed E-state index contributed by atoms with van der Waals surface area (Å²) in [7, 11) is 1.08. The molecule has 9 heavy (non-hydrogen) atoms. The highest BCUT2D eigenvalue weighted by molar-refractivity contribution is 7.78. The van der Waals surface area contributed by atoms with Gasteiger partial charge >= 0.3 is 11.9 Å². The summed E-state index contributed by atoms with van der Waals surface area (Å²) in [4.78, 5) is 23.2. The summed E-state index contributed by atoms with van der Waals surface area (Å²) in [6.07, 6.45) is 0. The van der Waals surface area contributed by atoms with Crippen molar-refractivity contribution in [1.29, 1.82) is 0 Å². The third-order valence-corrected chi connectivity index (χ3v) is 0.598. The van der Waals surface area contributed by atoms with Crippen LogP contribution in [0, 0.1) is 0 Å². The van der Waals surface area contributed by atoms with Gasteiger partial charge in [-0.25, -0.2) is 4.79 Å². The number of amides is 1. The number of carbonyl (C=O) groups is 2. The van der Waals surface area contributed by atoms with Gasteiger partial charge < -0.3 is 4.74 Å². The fraction of sp³-hybridized carbons (Fsp3) is 0.250. The van der Waals surface area contributed by atoms with E-state index in [1.165, 1.54) is 0 Å². The lowest BCUT2D eigenvalue weighted by atomic mass is 10.6. The summed E-state index contributed by atoms with van der Waals surface area (Å²) in [6.45, 7) is 0. The van der Waals surface area contributed by atoms with Crippen molar-refractivity contribution in [3.8, 4) is 0 Å². The van der Waals surface area contributed by atoms with E-state index in [0.29, 0.717) is 0 Å². The molecule has 5 heteroatoms. The highest BCUT2D eigenvalue weighted by Crippen LogP contribution is 1.76. The van der Waals surface area contributed by atoms with Gasteiger partial charge in [0.2, 0.25) is 0 Å². The number of methoxy groups -OCH3 is 1. The molecule has 0 aromatic carbocycles. The van der Waals surface area contributed by atoms with Gasteiger partial charge in [-0.3, -0.25) is 4.79 Å². The van der Waals surface area contributed by atoms with Gasteiger partial charge in [0.05, 0.1) is 12.3 Å². The van der Waals surface area contributed by atoms with Crippen LogP contribution in [0.5, 0.6) is 0 Å². The van der Waals surface area contributed by atoms with Crippen LogP contribution in [0.3, 0.4) is 0 Å². The van der Waals surface area contributed by atoms with Crippen molar-refractivity contribution >= 4 is 29.3 Å². The van der Waals surface area contributed by atoms with Crippen molar-refractivity contribution in [2.24, 2.45) is 4.99 Å². The second-order valence-corrected chi connectivity index (χ2v) is 1.18. The van der Waals surface area contributed by atoms with Crippen LogP contribution in [0.1, 0.15) is 0 Å². The summed E-state index contributed by atoms with van der Waals surface area (Å²) in [5, 5.41) is 1.74. The molecule has 0 fully saturated rings. The second-order valence-electron chi connectivity index (χ2n) is 1.000. The van der Waals surface area contributed by atoms with Crippen molar-refractivity contribution in [2.75, 3.05) is 7.11 Å². The minimum atomic E-state index is -1.03. The van der Waals surface area contributed by atoms with Crippen LogP contribution in [0.2, 0.25) is 0 Å². The topological polar surface area (TPSA) is 55.7 Å². The van der Waals surface area contributed by atoms with E-state index in [4.69, 9.17) is 0 Å². The molecule has 0 N–H and O–H groups in total. The molecule has 0 atom stereocenters. The Morgan fingerprint density at radius 2 is 2.22 bits per heavy atom. The molecular weight excluding hydrogens is 142 g/mol. The summed E-state index contributed by atoms with van der Waals surface area (Å²) in [6, 6.07) is 0. The van der Waals surface area contributed by atoms with Gasteiger partial charge in [-0.05, 0) is 12.2 Å². The molecule has 0 aliphatic rings. The number of isothiocyanates is 1. The number of thiocarbonyl (C=S) groups is 1. The first-order chi connectivity index (χ1) is 4.22. The smallest absolute Gasteiger partial charge is 0.399 e. The Morgan fingerprint density at radius 1 is 1.67 bits per heavy atom. The Hall–Kier alpha value is -1.06. The van der Waals surface area contributed by atoms with Gasteiger partial charge in [0.1, 0.15) is 0 Å². The zero-order chi connectivity index (χ0) is 7.28. The van der Waals surface area contributed by atoms with Gasteiger partial charge in [-0.15, -0.1) is 4.99 Å². The maximum Gasteiger partial charge on any atom is 0.399 e. The van der Waals surface area contributed by atoms with Crippen LogP contribution in [0.15, 0.2) is 4.99 Å². The number of aliphatic imine (C=N–C) groups is 1. The molecule has 0 spiro atoms. The van der Waals surface area contributed by atoms with Crippen LogP contribution in [-0.4, -0.2) is 24.1 Å². The van der Waals surface area contributed by atoms with E-state index in [9.17, 15) is 9.59 Å². The molecule has 0 aromatic heterocycles. The minimum absolute atomic E-state index is 1.03. The molecule has 0 rings (SSSR count). The van der Waals surface area contributed by atoms with Crippen LogP contribution in [-0.2, 0) is 14.3 Å². The molecular formula is C4H3NO3S. The molecule has 0 radical (unpaired) electrons. The highest BCUT2D eigenvalue weighted by atomic mass is 32.1. The molecule has 0 aromatic rings. The Kier molecular flexibility index (Phi) is 3.43. The first kappa shape index (κ1) is 7.94. The van der Waals surface area contributed by atoms with E-state index >= 15 is 0 Å². The summed E-state index contributed by atoms with van der Waals surface area (Å²) in [5.74, 6) is -2.07. The van der Waals surface area contributed by atoms with Gasteiger partial charge in [0, 0.05) is 0 Å². The molecule has 0 aliphatic heterocycles. The largest absolute Gasteiger partial charge is 0.462 e. The highest BCUT2D eigenvalue weighted by Gasteiger charge is 2.10. The zero-order valence-electron chi connectivity index (χ0n) is 4.58. The molecule has 4 nitrogen and oxygen atoms in total. The van der Waals surface area contributed by atoms with E-state index in [2.05, 4.69) is 21.9 Å². The fourth-order valence-electron chi connectivity index (χ4n) is 0.174. The number of esters is 1. The van der Waals surface area contributed by atoms with Crippen molar-refractivity contribution < 1.29 is 14.3 Å². The van der Waals surface area contributed by atoms with Crippen LogP contribution < -0.4 is 0 Å². The van der Waals surface area contributed by atoms with Crippen LogP contribution >= 0.6 is 12.2 Å². The fourth-order valence-corrected chi connectivity index (χ4v) is 0.257. The van der Waals surface area contributed by atoms with E-state index in [0.717, 1.165) is 7.11 Å². The summed E-state index contributed by atoms with van der Waals surface area (Å²) in [5.41, 5.74) is 0. The molecule has 0 saturated carbocycles. The SMILES string of the molecule is COC(=O)C(=O)N=C=S. The maximum absolute atomic E-state index is 10.2. The van der Waals surface area contributed by atoms with Crippen molar-refractivity contribution in [3.63, 3.8) is 0 Å². The maximum atomic E-state index is 10.2. The van der Waals surface area contributed by atoms with Gasteiger partial charge in [0.25, 0.3) is 0 Å². The third-order valence-electron chi connectivity index (χ3n) is 0.507. The van der Waals surface area contributed by atoms with Crippen molar-refractivity contribution in [3.05, 3.63) is 0 Å². The van der Waals surface area contributed by atoms with E-state index in [-0.39, 0.29) is 0 Å². The average Bonchev–Trinajstić information content (AvgIpc) is 1.87. The Morgan fingerprint density at radius 3 is 2.56 bits per heavy atom. The Bertz CT molecular complexity index is 182. The van der Waals surface area contributed by atoms with E-state index in [1.807, 2.05) is 0 Å². The third kappa shape index (κ3) is 2.69. The lowest BCUT2D eigenvalue weighted by molar-refractivity contribution is -0.150. The summed E-state index contributed by atoms with van der Waals surface area (Å²) >= 11 is 4.05. The normalized spacial score (nSPS) is 7.22. The number of nitrogens with zero attached hydrogens (tertiary/aromatic N) is 1. The predicted octanol–water partition coefficient (Wildman–Crippen LogP) is -0.211. The molecule has 0 bridgehead atoms. The first-order valence-corrected chi connectivity index (χ1v) is 2.33. The van der Waals surface area contributed by atoms with Crippen LogP contribution in [0.4, 0.5) is 0 Å². The first-order valence-electron chi connectivity index (χ1n) is 1.92. The molecule has 0 saturated heterocycles. The number of rotatable bonds is 0. The molecule has 0 unspecified atom stereocenters. The Labute approximate surface area is 56.5 Å². The van der Waals surface area contributed by atoms with Crippen molar-refractivity contribution in [1.82, 2.24) is 0 Å².